The lowest BCUT2D eigenvalue weighted by Gasteiger charge is -1.93. The number of nitrogens with one attached hydrogen (secondary N) is 1. The zero-order valence-electron chi connectivity index (χ0n) is 6.14. The third-order valence-electron chi connectivity index (χ3n) is 0.594. The summed E-state index contributed by atoms with van der Waals surface area (Å²) in [5.74, 6) is -0.123. The van der Waals surface area contributed by atoms with Crippen LogP contribution in [0.25, 0.3) is 0 Å². The first-order chi connectivity index (χ1) is 4.72. The van der Waals surface area contributed by atoms with Crippen LogP contribution in [0, 0.1) is 5.41 Å². The van der Waals surface area contributed by atoms with E-state index in [0.717, 1.165) is 6.08 Å². The van der Waals surface area contributed by atoms with Crippen LogP contribution in [0.4, 0.5) is 0 Å². The zero-order valence-corrected chi connectivity index (χ0v) is 6.14. The molecule has 0 heterocycles. The van der Waals surface area contributed by atoms with E-state index in [-0.39, 0.29) is 5.97 Å². The molecule has 0 fully saturated rings. The first kappa shape index (κ1) is 11.6. The van der Waals surface area contributed by atoms with Crippen LogP contribution in [0.3, 0.4) is 0 Å². The van der Waals surface area contributed by atoms with Crippen LogP contribution in [-0.2, 0) is 14.3 Å². The Bertz CT molecular complexity index is 116. The molecule has 0 bridgehead atoms. The van der Waals surface area contributed by atoms with Crippen molar-refractivity contribution in [2.75, 3.05) is 6.61 Å². The summed E-state index contributed by atoms with van der Waals surface area (Å²) < 4.78 is 4.55. The molecule has 0 amide bonds. The summed E-state index contributed by atoms with van der Waals surface area (Å²) in [5, 5.41) is 5.40. The van der Waals surface area contributed by atoms with Crippen LogP contribution in [0.1, 0.15) is 20.3 Å². The molecule has 4 heteroatoms. The van der Waals surface area contributed by atoms with Crippen molar-refractivity contribution in [2.24, 2.45) is 0 Å². The van der Waals surface area contributed by atoms with Crippen molar-refractivity contribution < 1.29 is 14.3 Å². The van der Waals surface area contributed by atoms with Crippen LogP contribution in [0.2, 0.25) is 0 Å². The lowest BCUT2D eigenvalue weighted by molar-refractivity contribution is -0.142. The lowest BCUT2D eigenvalue weighted by atomic mass is 10.5. The highest BCUT2D eigenvalue weighted by molar-refractivity contribution is 5.68. The number of hydrogen-bond acceptors (Lipinski definition) is 4. The fourth-order valence-electron chi connectivity index (χ4n) is 0.263. The molecule has 0 rings (SSSR count). The molecule has 58 valence electrons. The number of rotatable bonds is 2. The minimum Gasteiger partial charge on any atom is -0.466 e. The molecular weight excluding hydrogens is 134 g/mol. The van der Waals surface area contributed by atoms with E-state index in [1.54, 1.807) is 13.8 Å². The molecule has 0 aromatic carbocycles. The summed E-state index contributed by atoms with van der Waals surface area (Å²) in [4.78, 5) is 18.5. The minimum atomic E-state index is -0.123. The number of esters is 1. The number of ether oxygens (including phenoxy) is 1. The van der Waals surface area contributed by atoms with Crippen molar-refractivity contribution in [3.8, 4) is 0 Å². The second-order valence-electron chi connectivity index (χ2n) is 1.26. The van der Waals surface area contributed by atoms with Gasteiger partial charge in [0, 0.05) is 6.42 Å². The second kappa shape index (κ2) is 10.8. The predicted molar refractivity (Wildman–Crippen MR) is 35.3 cm³/mol. The summed E-state index contributed by atoms with van der Waals surface area (Å²) in [6.07, 6.45) is 1.23. The summed E-state index contributed by atoms with van der Waals surface area (Å²) in [5.41, 5.74) is 0. The Kier molecular flexibility index (Phi) is 12.5. The minimum absolute atomic E-state index is 0.123. The Hall–Kier alpha value is -1.15. The molecule has 0 radical (unpaired) electrons. The fourth-order valence-corrected chi connectivity index (χ4v) is 0.263. The topological polar surface area (TPSA) is 67.2 Å². The molecule has 0 saturated carbocycles. The van der Waals surface area contributed by atoms with Gasteiger partial charge in [0.2, 0.25) is 6.08 Å². The molecule has 0 saturated heterocycles. The Morgan fingerprint density at radius 3 is 2.10 bits per heavy atom. The molecule has 0 aromatic rings. The smallest absolute Gasteiger partial charge is 0.305 e. The second-order valence-corrected chi connectivity index (χ2v) is 1.26. The van der Waals surface area contributed by atoms with Crippen molar-refractivity contribution in [1.29, 1.82) is 5.41 Å². The summed E-state index contributed by atoms with van der Waals surface area (Å²) in [7, 11) is 0. The number of carbonyl (C=O) groups is 1. The highest BCUT2D eigenvalue weighted by atomic mass is 16.5. The van der Waals surface area contributed by atoms with E-state index in [0.29, 0.717) is 13.0 Å². The molecule has 0 spiro atoms. The van der Waals surface area contributed by atoms with E-state index >= 15 is 0 Å². The van der Waals surface area contributed by atoms with Gasteiger partial charge in [-0.25, -0.2) is 10.2 Å². The van der Waals surface area contributed by atoms with Crippen molar-refractivity contribution in [3.63, 3.8) is 0 Å². The van der Waals surface area contributed by atoms with Crippen LogP contribution in [0.15, 0.2) is 0 Å². The van der Waals surface area contributed by atoms with Gasteiger partial charge in [0.15, 0.2) is 0 Å². The summed E-state index contributed by atoms with van der Waals surface area (Å²) >= 11 is 0. The third kappa shape index (κ3) is 15.8. The van der Waals surface area contributed by atoms with Gasteiger partial charge in [-0.1, -0.05) is 6.92 Å². The highest BCUT2D eigenvalue weighted by Crippen LogP contribution is 1.80. The maximum absolute atomic E-state index is 10.2. The van der Waals surface area contributed by atoms with E-state index in [9.17, 15) is 4.79 Å². The van der Waals surface area contributed by atoms with E-state index in [2.05, 4.69) is 4.74 Å². The average Bonchev–Trinajstić information content (AvgIpc) is 1.90. The summed E-state index contributed by atoms with van der Waals surface area (Å²) in [6, 6.07) is 0. The van der Waals surface area contributed by atoms with Gasteiger partial charge >= 0.3 is 5.97 Å². The Morgan fingerprint density at radius 1 is 1.60 bits per heavy atom. The van der Waals surface area contributed by atoms with Crippen LogP contribution >= 0.6 is 0 Å². The van der Waals surface area contributed by atoms with Crippen LogP contribution in [-0.4, -0.2) is 18.7 Å². The van der Waals surface area contributed by atoms with Gasteiger partial charge in [-0.15, -0.1) is 0 Å². The van der Waals surface area contributed by atoms with Crippen LogP contribution < -0.4 is 0 Å². The highest BCUT2D eigenvalue weighted by Gasteiger charge is 1.91. The van der Waals surface area contributed by atoms with Gasteiger partial charge in [0.05, 0.1) is 6.61 Å². The Balaban J connectivity index is 0. The Morgan fingerprint density at radius 2 is 2.00 bits per heavy atom. The monoisotopic (exact) mass is 145 g/mol. The molecule has 0 unspecified atom stereocenters. The Labute approximate surface area is 59.7 Å². The SMILES string of the molecule is CCOC(=O)CC.N=C=O. The van der Waals surface area contributed by atoms with Crippen molar-refractivity contribution >= 4 is 12.0 Å². The van der Waals surface area contributed by atoms with Crippen molar-refractivity contribution in [2.45, 2.75) is 20.3 Å². The molecule has 4 nitrogen and oxygen atoms in total. The predicted octanol–water partition coefficient (Wildman–Crippen LogP) is 0.860. The van der Waals surface area contributed by atoms with E-state index in [1.165, 1.54) is 0 Å². The largest absolute Gasteiger partial charge is 0.466 e. The lowest BCUT2D eigenvalue weighted by Crippen LogP contribution is -2.00. The van der Waals surface area contributed by atoms with Gasteiger partial charge in [0.1, 0.15) is 0 Å². The maximum atomic E-state index is 10.2. The summed E-state index contributed by atoms with van der Waals surface area (Å²) in [6.45, 7) is 4.07. The molecule has 0 atom stereocenters. The van der Waals surface area contributed by atoms with Gasteiger partial charge in [0.25, 0.3) is 0 Å². The van der Waals surface area contributed by atoms with E-state index in [4.69, 9.17) is 10.2 Å². The molecule has 0 aliphatic carbocycles. The molecule has 0 aliphatic heterocycles. The van der Waals surface area contributed by atoms with Crippen LogP contribution in [0.5, 0.6) is 0 Å². The standard InChI is InChI=1S/C5H10O2.CHNO/c1-3-5(6)7-4-2;2-1-3/h3-4H2,1-2H3;2H. The molecule has 1 N–H and O–H groups in total. The third-order valence-corrected chi connectivity index (χ3v) is 0.594. The average molecular weight is 145 g/mol. The molecule has 0 aliphatic rings. The first-order valence-electron chi connectivity index (χ1n) is 2.92. The zero-order chi connectivity index (χ0) is 8.41. The normalized spacial score (nSPS) is 6.60. The van der Waals surface area contributed by atoms with Gasteiger partial charge in [-0.05, 0) is 6.92 Å². The maximum Gasteiger partial charge on any atom is 0.305 e. The van der Waals surface area contributed by atoms with Gasteiger partial charge < -0.3 is 4.74 Å². The van der Waals surface area contributed by atoms with Crippen molar-refractivity contribution in [3.05, 3.63) is 0 Å². The fraction of sp³-hybridized carbons (Fsp3) is 0.667. The van der Waals surface area contributed by atoms with E-state index in [1.807, 2.05) is 0 Å². The van der Waals surface area contributed by atoms with Gasteiger partial charge in [-0.3, -0.25) is 4.79 Å². The number of isocyanates is 1. The quantitative estimate of drug-likeness (QED) is 0.356. The first-order valence-corrected chi connectivity index (χ1v) is 2.92. The molecular formula is C6H11NO3. The van der Waals surface area contributed by atoms with Gasteiger partial charge in [-0.2, -0.15) is 0 Å². The van der Waals surface area contributed by atoms with Crippen molar-refractivity contribution in [1.82, 2.24) is 0 Å². The molecule has 0 aromatic heterocycles. The van der Waals surface area contributed by atoms with E-state index < -0.39 is 0 Å². The molecule has 10 heavy (non-hydrogen) atoms. The number of carbonyl (C=O) groups excluding carboxylic acids is 2. The number of hydrogen-bond donors (Lipinski definition) is 1.